The van der Waals surface area contributed by atoms with Crippen LogP contribution in [0.3, 0.4) is 0 Å². The van der Waals surface area contributed by atoms with Crippen LogP contribution in [-0.2, 0) is 19.3 Å². The molecule has 2 aromatic carbocycles. The number of thioether (sulfide) groups is 1. The Kier molecular flexibility index (Phi) is 6.71. The standard InChI is InChI=1S/C24H26N4O4S/c1-15-8-10-17(11-9-15)14-33-24-25-21-20(22(30)26-23(31)27(21)3)28(24)12-18(29)13-32-19-7-5-4-6-16(19)2/h4-11,18,29H,12-14H2,1-3H3,(H,26,30,31)/t18-/m1/s1. The summed E-state index contributed by atoms with van der Waals surface area (Å²) in [5.41, 5.74) is 2.72. The molecule has 2 heterocycles. The van der Waals surface area contributed by atoms with E-state index in [0.29, 0.717) is 16.7 Å². The number of aromatic nitrogens is 4. The number of hydrogen-bond acceptors (Lipinski definition) is 6. The smallest absolute Gasteiger partial charge is 0.329 e. The quantitative estimate of drug-likeness (QED) is 0.387. The van der Waals surface area contributed by atoms with Crippen molar-refractivity contribution >= 4 is 22.9 Å². The first-order chi connectivity index (χ1) is 15.8. The maximum Gasteiger partial charge on any atom is 0.329 e. The van der Waals surface area contributed by atoms with Crippen molar-refractivity contribution in [3.05, 3.63) is 86.1 Å². The van der Waals surface area contributed by atoms with Crippen LogP contribution in [0.4, 0.5) is 0 Å². The molecule has 1 atom stereocenters. The summed E-state index contributed by atoms with van der Waals surface area (Å²) in [6, 6.07) is 15.7. The minimum Gasteiger partial charge on any atom is -0.491 e. The molecule has 9 heteroatoms. The van der Waals surface area contributed by atoms with Gasteiger partial charge in [-0.2, -0.15) is 0 Å². The molecule has 0 aliphatic rings. The Labute approximate surface area is 194 Å². The van der Waals surface area contributed by atoms with Gasteiger partial charge in [0.15, 0.2) is 16.3 Å². The molecule has 0 aliphatic carbocycles. The van der Waals surface area contributed by atoms with E-state index in [0.717, 1.165) is 11.1 Å². The van der Waals surface area contributed by atoms with Gasteiger partial charge in [-0.05, 0) is 31.0 Å². The van der Waals surface area contributed by atoms with E-state index in [1.54, 1.807) is 11.6 Å². The number of imidazole rings is 1. The first kappa shape index (κ1) is 22.9. The van der Waals surface area contributed by atoms with E-state index in [1.807, 2.05) is 62.4 Å². The average molecular weight is 467 g/mol. The van der Waals surface area contributed by atoms with E-state index >= 15 is 0 Å². The van der Waals surface area contributed by atoms with Gasteiger partial charge in [0.25, 0.3) is 5.56 Å². The minimum atomic E-state index is -0.891. The molecule has 172 valence electrons. The summed E-state index contributed by atoms with van der Waals surface area (Å²) < 4.78 is 8.75. The fraction of sp³-hybridized carbons (Fsp3) is 0.292. The molecule has 2 N–H and O–H groups in total. The van der Waals surface area contributed by atoms with Gasteiger partial charge in [0.05, 0.1) is 6.54 Å². The number of fused-ring (bicyclic) bond motifs is 1. The second-order valence-electron chi connectivity index (χ2n) is 8.00. The van der Waals surface area contributed by atoms with Gasteiger partial charge in [0.2, 0.25) is 0 Å². The van der Waals surface area contributed by atoms with Crippen molar-refractivity contribution in [2.75, 3.05) is 6.61 Å². The monoisotopic (exact) mass is 466 g/mol. The van der Waals surface area contributed by atoms with E-state index in [2.05, 4.69) is 9.97 Å². The van der Waals surface area contributed by atoms with Crippen LogP contribution < -0.4 is 16.0 Å². The minimum absolute atomic E-state index is 0.0518. The third-order valence-electron chi connectivity index (χ3n) is 5.38. The number of hydrogen-bond donors (Lipinski definition) is 2. The molecule has 0 saturated heterocycles. The first-order valence-corrected chi connectivity index (χ1v) is 11.6. The van der Waals surface area contributed by atoms with Crippen molar-refractivity contribution in [1.29, 1.82) is 0 Å². The van der Waals surface area contributed by atoms with Crippen molar-refractivity contribution in [3.8, 4) is 5.75 Å². The van der Waals surface area contributed by atoms with E-state index in [4.69, 9.17) is 4.74 Å². The number of aliphatic hydroxyl groups excluding tert-OH is 1. The lowest BCUT2D eigenvalue weighted by atomic mass is 10.2. The lowest BCUT2D eigenvalue weighted by molar-refractivity contribution is 0.0910. The largest absolute Gasteiger partial charge is 0.491 e. The van der Waals surface area contributed by atoms with Crippen molar-refractivity contribution in [3.63, 3.8) is 0 Å². The zero-order valence-corrected chi connectivity index (χ0v) is 19.6. The predicted molar refractivity (Wildman–Crippen MR) is 129 cm³/mol. The highest BCUT2D eigenvalue weighted by Gasteiger charge is 2.20. The Morgan fingerprint density at radius 1 is 1.12 bits per heavy atom. The number of aryl methyl sites for hydroxylation is 3. The molecule has 33 heavy (non-hydrogen) atoms. The molecule has 4 rings (SSSR count). The molecule has 4 aromatic rings. The molecule has 0 spiro atoms. The third-order valence-corrected chi connectivity index (χ3v) is 6.43. The second kappa shape index (κ2) is 9.68. The number of ether oxygens (including phenoxy) is 1. The Morgan fingerprint density at radius 3 is 2.58 bits per heavy atom. The Hall–Kier alpha value is -3.30. The van der Waals surface area contributed by atoms with Gasteiger partial charge in [0.1, 0.15) is 18.5 Å². The van der Waals surface area contributed by atoms with E-state index in [-0.39, 0.29) is 24.3 Å². The maximum atomic E-state index is 12.7. The summed E-state index contributed by atoms with van der Waals surface area (Å²) in [4.78, 5) is 31.6. The molecule has 0 saturated carbocycles. The SMILES string of the molecule is Cc1ccc(CSc2nc3c(c(=O)[nH]c(=O)n3C)n2C[C@@H](O)COc2ccccc2C)cc1. The zero-order valence-electron chi connectivity index (χ0n) is 18.7. The molecule has 0 aliphatic heterocycles. The Bertz CT molecular complexity index is 1390. The van der Waals surface area contributed by atoms with Crippen LogP contribution >= 0.6 is 11.8 Å². The highest BCUT2D eigenvalue weighted by Crippen LogP contribution is 2.26. The molecule has 0 amide bonds. The molecule has 2 aromatic heterocycles. The molecular formula is C24H26N4O4S. The lowest BCUT2D eigenvalue weighted by Crippen LogP contribution is -2.30. The van der Waals surface area contributed by atoms with Gasteiger partial charge in [-0.3, -0.25) is 14.3 Å². The van der Waals surface area contributed by atoms with Crippen LogP contribution in [0.25, 0.3) is 11.2 Å². The van der Waals surface area contributed by atoms with Gasteiger partial charge in [-0.1, -0.05) is 59.8 Å². The number of nitrogens with one attached hydrogen (secondary N) is 1. The normalized spacial score (nSPS) is 12.2. The van der Waals surface area contributed by atoms with Crippen LogP contribution in [0, 0.1) is 13.8 Å². The molecule has 0 radical (unpaired) electrons. The zero-order chi connectivity index (χ0) is 23.5. The van der Waals surface area contributed by atoms with Gasteiger partial charge >= 0.3 is 5.69 Å². The van der Waals surface area contributed by atoms with Gasteiger partial charge in [0, 0.05) is 12.8 Å². The van der Waals surface area contributed by atoms with Crippen molar-refractivity contribution in [2.45, 2.75) is 37.4 Å². The highest BCUT2D eigenvalue weighted by molar-refractivity contribution is 7.98. The van der Waals surface area contributed by atoms with Crippen molar-refractivity contribution in [2.24, 2.45) is 7.05 Å². The number of nitrogens with zero attached hydrogens (tertiary/aromatic N) is 3. The molecule has 0 unspecified atom stereocenters. The van der Waals surface area contributed by atoms with E-state index < -0.39 is 17.4 Å². The number of H-pyrrole nitrogens is 1. The van der Waals surface area contributed by atoms with Crippen molar-refractivity contribution in [1.82, 2.24) is 19.1 Å². The Morgan fingerprint density at radius 2 is 1.85 bits per heavy atom. The van der Waals surface area contributed by atoms with Crippen molar-refractivity contribution < 1.29 is 9.84 Å². The fourth-order valence-electron chi connectivity index (χ4n) is 3.49. The van der Waals surface area contributed by atoms with Gasteiger partial charge in [-0.25, -0.2) is 9.78 Å². The van der Waals surface area contributed by atoms with Gasteiger partial charge < -0.3 is 14.4 Å². The number of rotatable bonds is 8. The van der Waals surface area contributed by atoms with E-state index in [1.165, 1.54) is 21.9 Å². The Balaban J connectivity index is 1.62. The summed E-state index contributed by atoms with van der Waals surface area (Å²) in [5.74, 6) is 1.33. The summed E-state index contributed by atoms with van der Waals surface area (Å²) in [7, 11) is 1.56. The fourth-order valence-corrected chi connectivity index (χ4v) is 4.46. The highest BCUT2D eigenvalue weighted by atomic mass is 32.2. The van der Waals surface area contributed by atoms with Crippen LogP contribution in [-0.4, -0.2) is 36.9 Å². The number of para-hydroxylation sites is 1. The molecule has 0 bridgehead atoms. The summed E-state index contributed by atoms with van der Waals surface area (Å²) in [5, 5.41) is 11.3. The van der Waals surface area contributed by atoms with E-state index in [9.17, 15) is 14.7 Å². The second-order valence-corrected chi connectivity index (χ2v) is 8.94. The number of benzene rings is 2. The topological polar surface area (TPSA) is 102 Å². The van der Waals surface area contributed by atoms with Crippen LogP contribution in [0.2, 0.25) is 0 Å². The number of aromatic amines is 1. The van der Waals surface area contributed by atoms with Crippen LogP contribution in [0.1, 0.15) is 16.7 Å². The molecule has 0 fully saturated rings. The first-order valence-electron chi connectivity index (χ1n) is 10.6. The van der Waals surface area contributed by atoms with Crippen LogP contribution in [0.5, 0.6) is 5.75 Å². The average Bonchev–Trinajstić information content (AvgIpc) is 3.15. The molecule has 8 nitrogen and oxygen atoms in total. The van der Waals surface area contributed by atoms with Gasteiger partial charge in [-0.15, -0.1) is 0 Å². The van der Waals surface area contributed by atoms with Crippen LogP contribution in [0.15, 0.2) is 63.3 Å². The third kappa shape index (κ3) is 5.04. The molecular weight excluding hydrogens is 440 g/mol. The summed E-state index contributed by atoms with van der Waals surface area (Å²) in [6.45, 7) is 4.12. The number of aliphatic hydroxyl groups is 1. The summed E-state index contributed by atoms with van der Waals surface area (Å²) >= 11 is 1.45. The summed E-state index contributed by atoms with van der Waals surface area (Å²) in [6.07, 6.45) is -0.891. The maximum absolute atomic E-state index is 12.7. The predicted octanol–water partition coefficient (Wildman–Crippen LogP) is 2.77. The lowest BCUT2D eigenvalue weighted by Gasteiger charge is -2.16.